The maximum Gasteiger partial charge on any atom is 0.123 e. The number of aromatic hydroxyl groups is 2. The van der Waals surface area contributed by atoms with Gasteiger partial charge in [0.05, 0.1) is 6.10 Å². The Morgan fingerprint density at radius 2 is 0.814 bits per heavy atom. The van der Waals surface area contributed by atoms with Gasteiger partial charge in [-0.2, -0.15) is 0 Å². The second kappa shape index (κ2) is 11.8. The Hall–Kier alpha value is -2.49. The molecule has 0 amide bonds. The molecule has 3 aromatic carbocycles. The molecule has 236 valence electrons. The molecule has 3 aromatic rings. The number of aliphatic hydroxyl groups is 1. The van der Waals surface area contributed by atoms with Gasteiger partial charge in [-0.05, 0) is 85.6 Å². The van der Waals surface area contributed by atoms with Crippen molar-refractivity contribution in [1.29, 1.82) is 0 Å². The van der Waals surface area contributed by atoms with E-state index in [1.165, 1.54) is 0 Å². The van der Waals surface area contributed by atoms with E-state index in [0.29, 0.717) is 29.4 Å². The van der Waals surface area contributed by atoms with E-state index in [1.54, 1.807) is 0 Å². The highest BCUT2D eigenvalue weighted by Gasteiger charge is 2.37. The van der Waals surface area contributed by atoms with E-state index in [0.717, 1.165) is 38.9 Å². The molecule has 3 N–H and O–H groups in total. The van der Waals surface area contributed by atoms with Crippen molar-refractivity contribution >= 4 is 11.6 Å². The number of halogens is 1. The number of hydrogen-bond donors (Lipinski definition) is 3. The van der Waals surface area contributed by atoms with Gasteiger partial charge in [0.15, 0.2) is 0 Å². The van der Waals surface area contributed by atoms with E-state index in [1.807, 2.05) is 24.3 Å². The van der Waals surface area contributed by atoms with Crippen molar-refractivity contribution in [2.45, 2.75) is 131 Å². The molecule has 43 heavy (non-hydrogen) atoms. The van der Waals surface area contributed by atoms with Crippen LogP contribution in [0.5, 0.6) is 11.5 Å². The summed E-state index contributed by atoms with van der Waals surface area (Å²) >= 11 is 6.23. The van der Waals surface area contributed by atoms with E-state index >= 15 is 0 Å². The van der Waals surface area contributed by atoms with Crippen molar-refractivity contribution in [3.63, 3.8) is 0 Å². The standard InChI is InChI=1S/C39H55ClO3/c1-35(2,3)28-18-24(19-29(32(28)41)36(4,5)6)22-39(13,34(43)26-14-16-27(40)17-15-26)23-25-20-30(37(7,8)9)33(42)31(21-25)38(10,11)12/h14-21,34,41-43H,22-23H2,1-13H3. The minimum Gasteiger partial charge on any atom is -0.507 e. The summed E-state index contributed by atoms with van der Waals surface area (Å²) in [5.41, 5.74) is 4.94. The van der Waals surface area contributed by atoms with Gasteiger partial charge in [0.2, 0.25) is 0 Å². The lowest BCUT2D eigenvalue weighted by Gasteiger charge is -2.37. The lowest BCUT2D eigenvalue weighted by Crippen LogP contribution is -2.32. The maximum atomic E-state index is 12.1. The summed E-state index contributed by atoms with van der Waals surface area (Å²) in [6, 6.07) is 15.9. The lowest BCUT2D eigenvalue weighted by atomic mass is 9.69. The molecule has 0 aliphatic rings. The molecule has 0 saturated heterocycles. The van der Waals surface area contributed by atoms with Gasteiger partial charge in [-0.25, -0.2) is 0 Å². The Morgan fingerprint density at radius 3 is 1.07 bits per heavy atom. The molecule has 0 radical (unpaired) electrons. The van der Waals surface area contributed by atoms with Crippen LogP contribution in [0.2, 0.25) is 5.02 Å². The lowest BCUT2D eigenvalue weighted by molar-refractivity contribution is 0.0356. The molecule has 0 saturated carbocycles. The Kier molecular flexibility index (Phi) is 9.59. The smallest absolute Gasteiger partial charge is 0.123 e. The van der Waals surface area contributed by atoms with Crippen LogP contribution in [0.15, 0.2) is 48.5 Å². The first kappa shape index (κ1) is 35.0. The molecule has 0 aliphatic carbocycles. The van der Waals surface area contributed by atoms with Gasteiger partial charge in [0.25, 0.3) is 0 Å². The average Bonchev–Trinajstić information content (AvgIpc) is 2.83. The SMILES string of the molecule is CC(C)(C)c1cc(CC(C)(Cc2cc(C(C)(C)C)c(O)c(C(C)(C)C)c2)C(O)c2ccc(Cl)cc2)cc(C(C)(C)C)c1O. The Morgan fingerprint density at radius 1 is 0.535 bits per heavy atom. The van der Waals surface area contributed by atoms with Crippen LogP contribution in [0.3, 0.4) is 0 Å². The highest BCUT2D eigenvalue weighted by molar-refractivity contribution is 6.30. The molecular formula is C39H55ClO3. The van der Waals surface area contributed by atoms with Crippen LogP contribution < -0.4 is 0 Å². The monoisotopic (exact) mass is 606 g/mol. The van der Waals surface area contributed by atoms with E-state index < -0.39 is 11.5 Å². The molecule has 3 nitrogen and oxygen atoms in total. The summed E-state index contributed by atoms with van der Waals surface area (Å²) in [5.74, 6) is 0.707. The summed E-state index contributed by atoms with van der Waals surface area (Å²) in [4.78, 5) is 0. The fourth-order valence-electron chi connectivity index (χ4n) is 6.12. The number of hydrogen-bond acceptors (Lipinski definition) is 3. The van der Waals surface area contributed by atoms with Gasteiger partial charge in [-0.15, -0.1) is 0 Å². The van der Waals surface area contributed by atoms with Crippen LogP contribution in [0, 0.1) is 5.41 Å². The first-order valence-corrected chi connectivity index (χ1v) is 15.9. The van der Waals surface area contributed by atoms with Gasteiger partial charge < -0.3 is 15.3 Å². The third-order valence-corrected chi connectivity index (χ3v) is 8.89. The topological polar surface area (TPSA) is 60.7 Å². The Labute approximate surface area is 266 Å². The summed E-state index contributed by atoms with van der Waals surface area (Å²) < 4.78 is 0. The maximum absolute atomic E-state index is 12.1. The van der Waals surface area contributed by atoms with Gasteiger partial charge in [0, 0.05) is 10.4 Å². The van der Waals surface area contributed by atoms with Gasteiger partial charge >= 0.3 is 0 Å². The summed E-state index contributed by atoms with van der Waals surface area (Å²) in [6.07, 6.45) is 0.374. The zero-order chi connectivity index (χ0) is 32.9. The average molecular weight is 607 g/mol. The normalized spacial score (nSPS) is 14.2. The van der Waals surface area contributed by atoms with Crippen LogP contribution >= 0.6 is 11.6 Å². The van der Waals surface area contributed by atoms with Crippen LogP contribution in [0.4, 0.5) is 0 Å². The third-order valence-electron chi connectivity index (χ3n) is 8.63. The van der Waals surface area contributed by atoms with Crippen LogP contribution in [0.25, 0.3) is 0 Å². The molecule has 4 heteroatoms. The molecule has 0 aromatic heterocycles. The molecule has 0 bridgehead atoms. The number of benzene rings is 3. The number of phenolic OH excluding ortho intramolecular Hbond substituents is 2. The zero-order valence-corrected chi connectivity index (χ0v) is 29.6. The Bertz CT molecular complexity index is 1280. The third kappa shape index (κ3) is 7.97. The van der Waals surface area contributed by atoms with Crippen LogP contribution in [0.1, 0.15) is 135 Å². The van der Waals surface area contributed by atoms with E-state index in [-0.39, 0.29) is 21.7 Å². The zero-order valence-electron chi connectivity index (χ0n) is 28.8. The van der Waals surface area contributed by atoms with Gasteiger partial charge in [-0.1, -0.05) is 138 Å². The van der Waals surface area contributed by atoms with Crippen LogP contribution in [-0.2, 0) is 34.5 Å². The van der Waals surface area contributed by atoms with Gasteiger partial charge in [-0.3, -0.25) is 0 Å². The number of aliphatic hydroxyl groups excluding tert-OH is 1. The summed E-state index contributed by atoms with van der Waals surface area (Å²) in [5, 5.41) is 35.5. The predicted molar refractivity (Wildman–Crippen MR) is 183 cm³/mol. The molecule has 0 aliphatic heterocycles. The van der Waals surface area contributed by atoms with Crippen molar-refractivity contribution in [2.24, 2.45) is 5.41 Å². The van der Waals surface area contributed by atoms with Crippen molar-refractivity contribution in [3.05, 3.63) is 92.5 Å². The number of phenols is 2. The minimum atomic E-state index is -0.792. The van der Waals surface area contributed by atoms with Gasteiger partial charge in [0.1, 0.15) is 11.5 Å². The second-order valence-electron chi connectivity index (χ2n) is 17.0. The largest absolute Gasteiger partial charge is 0.507 e. The predicted octanol–water partition coefficient (Wildman–Crippen LogP) is 10.5. The molecule has 0 spiro atoms. The number of rotatable bonds is 6. The quantitative estimate of drug-likeness (QED) is 0.261. The molecule has 3 rings (SSSR count). The highest BCUT2D eigenvalue weighted by atomic mass is 35.5. The first-order valence-electron chi connectivity index (χ1n) is 15.5. The highest BCUT2D eigenvalue weighted by Crippen LogP contribution is 2.46. The molecular weight excluding hydrogens is 552 g/mol. The molecule has 0 fully saturated rings. The van der Waals surface area contributed by atoms with Crippen LogP contribution in [-0.4, -0.2) is 15.3 Å². The van der Waals surface area contributed by atoms with E-state index in [4.69, 9.17) is 11.6 Å². The fourth-order valence-corrected chi connectivity index (χ4v) is 6.24. The van der Waals surface area contributed by atoms with Crippen molar-refractivity contribution in [1.82, 2.24) is 0 Å². The van der Waals surface area contributed by atoms with Crippen molar-refractivity contribution in [3.8, 4) is 11.5 Å². The second-order valence-corrected chi connectivity index (χ2v) is 17.5. The fraction of sp³-hybridized carbons (Fsp3) is 0.538. The van der Waals surface area contributed by atoms with E-state index in [2.05, 4.69) is 114 Å². The summed E-state index contributed by atoms with van der Waals surface area (Å²) in [6.45, 7) is 27.6. The minimum absolute atomic E-state index is 0.258. The van der Waals surface area contributed by atoms with E-state index in [9.17, 15) is 15.3 Å². The molecule has 1 atom stereocenters. The molecule has 1 unspecified atom stereocenters. The first-order chi connectivity index (χ1) is 19.3. The summed E-state index contributed by atoms with van der Waals surface area (Å²) in [7, 11) is 0. The van der Waals surface area contributed by atoms with Crippen molar-refractivity contribution < 1.29 is 15.3 Å². The Balaban J connectivity index is 2.29. The van der Waals surface area contributed by atoms with Crippen molar-refractivity contribution in [2.75, 3.05) is 0 Å². The molecule has 0 heterocycles.